The van der Waals surface area contributed by atoms with Crippen molar-refractivity contribution in [2.75, 3.05) is 6.54 Å². The lowest BCUT2D eigenvalue weighted by Crippen LogP contribution is -2.33. The fourth-order valence-electron chi connectivity index (χ4n) is 2.68. The van der Waals surface area contributed by atoms with Gasteiger partial charge in [0.1, 0.15) is 0 Å². The highest BCUT2D eigenvalue weighted by atomic mass is 32.1. The predicted octanol–water partition coefficient (Wildman–Crippen LogP) is 4.28. The maximum atomic E-state index is 4.88. The van der Waals surface area contributed by atoms with Crippen molar-refractivity contribution in [3.8, 4) is 0 Å². The Hall–Kier alpha value is -0.410. The number of hydrogen-bond acceptors (Lipinski definition) is 3. The predicted molar refractivity (Wildman–Crippen MR) is 79.3 cm³/mol. The molecule has 0 amide bonds. The summed E-state index contributed by atoms with van der Waals surface area (Å²) >= 11 is 1.93. The third-order valence-electron chi connectivity index (χ3n) is 3.60. The summed E-state index contributed by atoms with van der Waals surface area (Å²) in [4.78, 5) is 6.39. The first-order chi connectivity index (χ1) is 8.43. The van der Waals surface area contributed by atoms with Gasteiger partial charge in [0.15, 0.2) is 0 Å². The monoisotopic (exact) mass is 266 g/mol. The van der Waals surface area contributed by atoms with Crippen molar-refractivity contribution < 1.29 is 0 Å². The third-order valence-corrected chi connectivity index (χ3v) is 5.11. The van der Waals surface area contributed by atoms with Gasteiger partial charge in [-0.3, -0.25) is 0 Å². The number of hydrogen-bond donors (Lipinski definition) is 1. The van der Waals surface area contributed by atoms with Crippen LogP contribution in [0.1, 0.15) is 75.0 Å². The lowest BCUT2D eigenvalue weighted by Gasteiger charge is -2.34. The molecule has 0 aromatic carbocycles. The Kier molecular flexibility index (Phi) is 4.12. The second-order valence-electron chi connectivity index (χ2n) is 6.57. The number of thiazole rings is 1. The molecule has 2 nitrogen and oxygen atoms in total. The average molecular weight is 266 g/mol. The lowest BCUT2D eigenvalue weighted by molar-refractivity contribution is 0.258. The molecule has 3 heteroatoms. The van der Waals surface area contributed by atoms with Gasteiger partial charge in [-0.05, 0) is 31.2 Å². The van der Waals surface area contributed by atoms with Gasteiger partial charge < -0.3 is 5.32 Å². The van der Waals surface area contributed by atoms with E-state index >= 15 is 0 Å². The highest BCUT2D eigenvalue weighted by Gasteiger charge is 2.34. The standard InChI is InChI=1S/C15H26N2S/c1-6-7-16-11-8-15(4,5)9-12-13(11)18-14(17-12)10(2)3/h10-11,16H,6-9H2,1-5H3. The molecule has 1 aromatic heterocycles. The minimum atomic E-state index is 0.376. The molecule has 0 bridgehead atoms. The van der Waals surface area contributed by atoms with E-state index in [2.05, 4.69) is 39.9 Å². The van der Waals surface area contributed by atoms with Gasteiger partial charge in [0.25, 0.3) is 0 Å². The van der Waals surface area contributed by atoms with Crippen LogP contribution < -0.4 is 5.32 Å². The van der Waals surface area contributed by atoms with Crippen LogP contribution in [0, 0.1) is 5.41 Å². The number of aromatic nitrogens is 1. The minimum Gasteiger partial charge on any atom is -0.309 e. The fourth-order valence-corrected chi connectivity index (χ4v) is 3.84. The molecular weight excluding hydrogens is 240 g/mol. The summed E-state index contributed by atoms with van der Waals surface area (Å²) in [5.41, 5.74) is 1.73. The Morgan fingerprint density at radius 1 is 1.44 bits per heavy atom. The highest BCUT2D eigenvalue weighted by Crippen LogP contribution is 2.43. The largest absolute Gasteiger partial charge is 0.309 e. The van der Waals surface area contributed by atoms with Gasteiger partial charge in [0.2, 0.25) is 0 Å². The number of rotatable bonds is 4. The van der Waals surface area contributed by atoms with E-state index in [1.54, 1.807) is 0 Å². The van der Waals surface area contributed by atoms with Gasteiger partial charge in [-0.25, -0.2) is 4.98 Å². The van der Waals surface area contributed by atoms with Crippen LogP contribution in [-0.2, 0) is 6.42 Å². The van der Waals surface area contributed by atoms with Gasteiger partial charge in [-0.2, -0.15) is 0 Å². The van der Waals surface area contributed by atoms with Crippen LogP contribution >= 0.6 is 11.3 Å². The lowest BCUT2D eigenvalue weighted by atomic mass is 9.76. The first kappa shape index (κ1) is 14.0. The molecule has 102 valence electrons. The summed E-state index contributed by atoms with van der Waals surface area (Å²) in [6.07, 6.45) is 3.57. The van der Waals surface area contributed by atoms with E-state index in [1.165, 1.54) is 28.4 Å². The van der Waals surface area contributed by atoms with E-state index < -0.39 is 0 Å². The van der Waals surface area contributed by atoms with Crippen molar-refractivity contribution in [3.05, 3.63) is 15.6 Å². The Morgan fingerprint density at radius 2 is 2.17 bits per heavy atom. The number of nitrogens with zero attached hydrogens (tertiary/aromatic N) is 1. The molecule has 1 atom stereocenters. The molecule has 2 rings (SSSR count). The van der Waals surface area contributed by atoms with E-state index in [1.807, 2.05) is 11.3 Å². The van der Waals surface area contributed by atoms with Crippen LogP contribution in [0.15, 0.2) is 0 Å². The Morgan fingerprint density at radius 3 is 2.78 bits per heavy atom. The van der Waals surface area contributed by atoms with E-state index in [4.69, 9.17) is 4.98 Å². The van der Waals surface area contributed by atoms with Crippen molar-refractivity contribution in [3.63, 3.8) is 0 Å². The van der Waals surface area contributed by atoms with Gasteiger partial charge in [0.05, 0.1) is 10.7 Å². The van der Waals surface area contributed by atoms with Crippen LogP contribution in [0.3, 0.4) is 0 Å². The van der Waals surface area contributed by atoms with Crippen molar-refractivity contribution in [2.24, 2.45) is 5.41 Å². The van der Waals surface area contributed by atoms with Crippen LogP contribution in [0.2, 0.25) is 0 Å². The van der Waals surface area contributed by atoms with Crippen LogP contribution in [0.4, 0.5) is 0 Å². The number of fused-ring (bicyclic) bond motifs is 1. The topological polar surface area (TPSA) is 24.9 Å². The van der Waals surface area contributed by atoms with Crippen LogP contribution in [-0.4, -0.2) is 11.5 Å². The summed E-state index contributed by atoms with van der Waals surface area (Å²) in [6, 6.07) is 0.522. The molecule has 0 fully saturated rings. The fraction of sp³-hybridized carbons (Fsp3) is 0.800. The zero-order chi connectivity index (χ0) is 13.3. The second-order valence-corrected chi connectivity index (χ2v) is 7.63. The van der Waals surface area contributed by atoms with Crippen LogP contribution in [0.25, 0.3) is 0 Å². The van der Waals surface area contributed by atoms with Gasteiger partial charge in [0, 0.05) is 16.8 Å². The maximum Gasteiger partial charge on any atom is 0.0957 e. The molecule has 1 N–H and O–H groups in total. The summed E-state index contributed by atoms with van der Waals surface area (Å²) in [5, 5.41) is 5.01. The molecule has 18 heavy (non-hydrogen) atoms. The molecule has 1 aliphatic rings. The average Bonchev–Trinajstić information content (AvgIpc) is 2.67. The Labute approximate surface area is 115 Å². The van der Waals surface area contributed by atoms with Gasteiger partial charge >= 0.3 is 0 Å². The third kappa shape index (κ3) is 2.94. The maximum absolute atomic E-state index is 4.88. The Bertz CT molecular complexity index is 407. The molecule has 0 saturated heterocycles. The molecule has 1 aliphatic carbocycles. The smallest absolute Gasteiger partial charge is 0.0957 e. The van der Waals surface area contributed by atoms with Gasteiger partial charge in [-0.1, -0.05) is 34.6 Å². The first-order valence-corrected chi connectivity index (χ1v) is 7.97. The SMILES string of the molecule is CCCNC1CC(C)(C)Cc2nc(C(C)C)sc21. The molecular formula is C15H26N2S. The van der Waals surface area contributed by atoms with Crippen LogP contribution in [0.5, 0.6) is 0 Å². The molecule has 0 radical (unpaired) electrons. The van der Waals surface area contributed by atoms with Gasteiger partial charge in [-0.15, -0.1) is 11.3 Å². The zero-order valence-electron chi connectivity index (χ0n) is 12.3. The minimum absolute atomic E-state index is 0.376. The Balaban J connectivity index is 2.28. The summed E-state index contributed by atoms with van der Waals surface area (Å²) < 4.78 is 0. The molecule has 0 saturated carbocycles. The molecule has 0 spiro atoms. The molecule has 1 heterocycles. The van der Waals surface area contributed by atoms with E-state index in [9.17, 15) is 0 Å². The number of nitrogens with one attached hydrogen (secondary N) is 1. The summed E-state index contributed by atoms with van der Waals surface area (Å²) in [5.74, 6) is 0.551. The van der Waals surface area contributed by atoms with E-state index in [0.29, 0.717) is 17.4 Å². The summed E-state index contributed by atoms with van der Waals surface area (Å²) in [7, 11) is 0. The van der Waals surface area contributed by atoms with Crippen molar-refractivity contribution in [2.45, 2.75) is 65.8 Å². The molecule has 1 unspecified atom stereocenters. The molecule has 1 aromatic rings. The zero-order valence-corrected chi connectivity index (χ0v) is 13.2. The van der Waals surface area contributed by atoms with Crippen molar-refractivity contribution >= 4 is 11.3 Å². The summed E-state index contributed by atoms with van der Waals surface area (Å²) in [6.45, 7) is 12.5. The second kappa shape index (κ2) is 5.30. The first-order valence-electron chi connectivity index (χ1n) is 7.16. The quantitative estimate of drug-likeness (QED) is 0.880. The van der Waals surface area contributed by atoms with E-state index in [-0.39, 0.29) is 0 Å². The highest BCUT2D eigenvalue weighted by molar-refractivity contribution is 7.12. The van der Waals surface area contributed by atoms with E-state index in [0.717, 1.165) is 13.0 Å². The van der Waals surface area contributed by atoms with Crippen molar-refractivity contribution in [1.82, 2.24) is 10.3 Å². The van der Waals surface area contributed by atoms with Crippen molar-refractivity contribution in [1.29, 1.82) is 0 Å². The normalized spacial score (nSPS) is 22.2. The molecule has 0 aliphatic heterocycles.